The lowest BCUT2D eigenvalue weighted by molar-refractivity contribution is -0.951. The molecule has 1 spiro atoms. The molecule has 0 bridgehead atoms. The van der Waals surface area contributed by atoms with Crippen LogP contribution < -0.4 is 5.17 Å². The second kappa shape index (κ2) is 6.79. The summed E-state index contributed by atoms with van der Waals surface area (Å²) in [6.07, 6.45) is 9.02. The minimum atomic E-state index is -0.302. The van der Waals surface area contributed by atoms with Crippen LogP contribution in [0.5, 0.6) is 0 Å². The number of hydrogen-bond acceptors (Lipinski definition) is 5. The van der Waals surface area contributed by atoms with Crippen molar-refractivity contribution in [2.24, 2.45) is 5.41 Å². The molecule has 2 aliphatic heterocycles. The van der Waals surface area contributed by atoms with Crippen molar-refractivity contribution in [3.8, 4) is 0 Å². The van der Waals surface area contributed by atoms with Crippen LogP contribution in [0.4, 0.5) is 0 Å². The first kappa shape index (κ1) is 18.0. The van der Waals surface area contributed by atoms with E-state index >= 15 is 0 Å². The Kier molecular flexibility index (Phi) is 4.38. The summed E-state index contributed by atoms with van der Waals surface area (Å²) < 4.78 is 0. The smallest absolute Gasteiger partial charge is 0.252 e. The molecule has 2 fully saturated rings. The molecule has 0 amide bonds. The molecule has 0 aromatic heterocycles. The quantitative estimate of drug-likeness (QED) is 0.808. The summed E-state index contributed by atoms with van der Waals surface area (Å²) in [5, 5.41) is 13.7. The van der Waals surface area contributed by atoms with E-state index in [9.17, 15) is 14.8 Å². The van der Waals surface area contributed by atoms with E-state index in [2.05, 4.69) is 4.90 Å². The van der Waals surface area contributed by atoms with Gasteiger partial charge in [-0.15, -0.1) is 0 Å². The number of hydroxylamine groups is 1. The summed E-state index contributed by atoms with van der Waals surface area (Å²) in [5.74, 6) is -0.490. The lowest BCUT2D eigenvalue weighted by Crippen LogP contribution is -3.18. The minimum absolute atomic E-state index is 0.0878. The molecule has 1 aromatic rings. The molecule has 4 aliphatic rings. The molecule has 2 aliphatic carbocycles. The highest BCUT2D eigenvalue weighted by Gasteiger charge is 2.49. The summed E-state index contributed by atoms with van der Waals surface area (Å²) >= 11 is 0. The Morgan fingerprint density at radius 3 is 2.25 bits per heavy atom. The number of quaternary nitrogens is 1. The number of hydrogen-bond donors (Lipinski definition) is 1. The number of rotatable bonds is 4. The van der Waals surface area contributed by atoms with Gasteiger partial charge in [0.25, 0.3) is 5.78 Å². The van der Waals surface area contributed by atoms with Gasteiger partial charge in [0, 0.05) is 17.7 Å². The third-order valence-electron chi connectivity index (χ3n) is 7.26. The predicted molar refractivity (Wildman–Crippen MR) is 104 cm³/mol. The molecule has 6 nitrogen and oxygen atoms in total. The molecule has 6 heteroatoms. The molecule has 1 aromatic carbocycles. The maximum atomic E-state index is 12.8. The van der Waals surface area contributed by atoms with E-state index in [-0.39, 0.29) is 22.4 Å². The zero-order valence-electron chi connectivity index (χ0n) is 16.2. The Bertz CT molecular complexity index is 846. The van der Waals surface area contributed by atoms with Gasteiger partial charge < -0.3 is 10.1 Å². The van der Waals surface area contributed by atoms with Crippen molar-refractivity contribution in [1.29, 1.82) is 0 Å². The molecule has 2 heterocycles. The van der Waals surface area contributed by atoms with Crippen LogP contribution in [0.3, 0.4) is 0 Å². The zero-order chi connectivity index (χ0) is 19.3. The van der Waals surface area contributed by atoms with E-state index in [1.165, 1.54) is 43.5 Å². The Hall–Kier alpha value is -2.02. The Morgan fingerprint density at radius 1 is 0.929 bits per heavy atom. The SMILES string of the molecule is O=C1C2=C(C(=O)c3ccccc31)[NH+]([O-])N2CCCN1CCC2(CCCC2)CC1. The minimum Gasteiger partial charge on any atom is -0.602 e. The Balaban J connectivity index is 1.19. The fraction of sp³-hybridized carbons (Fsp3) is 0.545. The first-order valence-electron chi connectivity index (χ1n) is 10.6. The number of nitrogens with zero attached hydrogens (tertiary/aromatic N) is 2. The lowest BCUT2D eigenvalue weighted by Gasteiger charge is -2.46. The number of piperidine rings is 1. The van der Waals surface area contributed by atoms with E-state index in [1.54, 1.807) is 24.3 Å². The van der Waals surface area contributed by atoms with Gasteiger partial charge in [0.2, 0.25) is 17.2 Å². The van der Waals surface area contributed by atoms with Gasteiger partial charge in [-0.2, -0.15) is 0 Å². The average molecular weight is 381 g/mol. The van der Waals surface area contributed by atoms with Crippen molar-refractivity contribution < 1.29 is 14.8 Å². The lowest BCUT2D eigenvalue weighted by atomic mass is 9.77. The third-order valence-corrected chi connectivity index (χ3v) is 7.26. The molecule has 1 saturated heterocycles. The van der Waals surface area contributed by atoms with Gasteiger partial charge in [0.05, 0.1) is 6.54 Å². The first-order chi connectivity index (χ1) is 13.6. The van der Waals surface area contributed by atoms with Gasteiger partial charge >= 0.3 is 0 Å². The molecule has 1 N–H and O–H groups in total. The molecule has 1 atom stereocenters. The highest BCUT2D eigenvalue weighted by Crippen LogP contribution is 2.46. The van der Waals surface area contributed by atoms with Gasteiger partial charge in [-0.1, -0.05) is 37.1 Å². The number of likely N-dealkylation sites (tertiary alicyclic amines) is 1. The molecule has 28 heavy (non-hydrogen) atoms. The summed E-state index contributed by atoms with van der Waals surface area (Å²) in [6.45, 7) is 3.75. The van der Waals surface area contributed by atoms with Crippen LogP contribution in [-0.4, -0.2) is 47.7 Å². The molecular weight excluding hydrogens is 354 g/mol. The molecule has 148 valence electrons. The van der Waals surface area contributed by atoms with Crippen molar-refractivity contribution in [1.82, 2.24) is 9.91 Å². The number of carbonyl (C=O) groups is 2. The standard InChI is InChI=1S/C22H27N3O3/c26-20-16-6-1-2-7-17(16)21(27)19-18(20)24(25(19)28)13-5-12-23-14-10-22(11-15-23)8-3-4-9-22/h1-2,6-7,25H,3-5,8-15H2. The Morgan fingerprint density at radius 2 is 1.57 bits per heavy atom. The fourth-order valence-corrected chi connectivity index (χ4v) is 5.54. The van der Waals surface area contributed by atoms with E-state index in [0.717, 1.165) is 26.1 Å². The van der Waals surface area contributed by atoms with E-state index in [4.69, 9.17) is 0 Å². The number of ketones is 2. The second-order valence-electron chi connectivity index (χ2n) is 8.79. The van der Waals surface area contributed by atoms with E-state index in [0.29, 0.717) is 28.8 Å². The molecule has 1 saturated carbocycles. The van der Waals surface area contributed by atoms with Crippen molar-refractivity contribution in [3.63, 3.8) is 0 Å². The summed E-state index contributed by atoms with van der Waals surface area (Å²) in [4.78, 5) is 27.8. The average Bonchev–Trinajstić information content (AvgIpc) is 3.17. The molecule has 1 unspecified atom stereocenters. The number of fused-ring (bicyclic) bond motifs is 1. The van der Waals surface area contributed by atoms with Crippen LogP contribution >= 0.6 is 0 Å². The second-order valence-corrected chi connectivity index (χ2v) is 8.79. The van der Waals surface area contributed by atoms with Crippen molar-refractivity contribution in [2.45, 2.75) is 44.9 Å². The van der Waals surface area contributed by atoms with Crippen LogP contribution in [0.2, 0.25) is 0 Å². The largest absolute Gasteiger partial charge is 0.602 e. The predicted octanol–water partition coefficient (Wildman–Crippen LogP) is 1.94. The topological polar surface area (TPSA) is 68.1 Å². The van der Waals surface area contributed by atoms with Crippen LogP contribution in [0.25, 0.3) is 0 Å². The van der Waals surface area contributed by atoms with Crippen molar-refractivity contribution in [3.05, 3.63) is 52.0 Å². The van der Waals surface area contributed by atoms with Crippen LogP contribution in [-0.2, 0) is 0 Å². The van der Waals surface area contributed by atoms with Crippen molar-refractivity contribution >= 4 is 11.6 Å². The van der Waals surface area contributed by atoms with Crippen molar-refractivity contribution in [2.75, 3.05) is 26.2 Å². The first-order valence-corrected chi connectivity index (χ1v) is 10.6. The maximum absolute atomic E-state index is 12.8. The Labute approximate surface area is 165 Å². The van der Waals surface area contributed by atoms with Gasteiger partial charge in [-0.05, 0) is 50.6 Å². The highest BCUT2D eigenvalue weighted by atomic mass is 16.6. The zero-order valence-corrected chi connectivity index (χ0v) is 16.2. The summed E-state index contributed by atoms with van der Waals surface area (Å²) in [5.41, 5.74) is 1.79. The monoisotopic (exact) mass is 381 g/mol. The number of Topliss-reactive ketones (excluding diaryl/α,β-unsaturated/α-hetero) is 2. The van der Waals surface area contributed by atoms with Crippen LogP contribution in [0.1, 0.15) is 65.7 Å². The third kappa shape index (κ3) is 2.74. The van der Waals surface area contributed by atoms with Crippen LogP contribution in [0.15, 0.2) is 35.7 Å². The fourth-order valence-electron chi connectivity index (χ4n) is 5.54. The number of allylic oxidation sites excluding steroid dienone is 2. The van der Waals surface area contributed by atoms with E-state index in [1.807, 2.05) is 0 Å². The van der Waals surface area contributed by atoms with E-state index < -0.39 is 0 Å². The number of carbonyl (C=O) groups excluding carboxylic acids is 2. The number of nitrogens with one attached hydrogen (secondary N) is 1. The molecular formula is C22H27N3O3. The summed E-state index contributed by atoms with van der Waals surface area (Å²) in [7, 11) is 0. The van der Waals surface area contributed by atoms with Gasteiger partial charge in [-0.3, -0.25) is 9.59 Å². The normalized spacial score (nSPS) is 26.5. The summed E-state index contributed by atoms with van der Waals surface area (Å²) in [6, 6.07) is 6.79. The maximum Gasteiger partial charge on any atom is 0.252 e. The molecule has 5 rings (SSSR count). The number of benzene rings is 1. The van der Waals surface area contributed by atoms with Gasteiger partial charge in [0.15, 0.2) is 0 Å². The highest BCUT2D eigenvalue weighted by molar-refractivity contribution is 6.26. The molecule has 0 radical (unpaired) electrons. The van der Waals surface area contributed by atoms with Crippen LogP contribution in [0, 0.1) is 10.6 Å². The van der Waals surface area contributed by atoms with Gasteiger partial charge in [-0.25, -0.2) is 10.2 Å². The van der Waals surface area contributed by atoms with Gasteiger partial charge in [0.1, 0.15) is 0 Å².